The molecule has 1 fully saturated rings. The van der Waals surface area contributed by atoms with Crippen molar-refractivity contribution in [2.24, 2.45) is 11.7 Å². The lowest BCUT2D eigenvalue weighted by Gasteiger charge is -2.34. The summed E-state index contributed by atoms with van der Waals surface area (Å²) in [7, 11) is 0. The molecule has 6 heteroatoms. The van der Waals surface area contributed by atoms with Crippen molar-refractivity contribution in [3.63, 3.8) is 0 Å². The Morgan fingerprint density at radius 1 is 1.55 bits per heavy atom. The fourth-order valence-electron chi connectivity index (χ4n) is 2.92. The average molecular weight is 277 g/mol. The molecule has 2 rings (SSSR count). The molecule has 2 N–H and O–H groups in total. The fourth-order valence-corrected chi connectivity index (χ4v) is 2.92. The highest BCUT2D eigenvalue weighted by Crippen LogP contribution is 2.34. The van der Waals surface area contributed by atoms with Crippen LogP contribution in [0.2, 0.25) is 0 Å². The minimum Gasteiger partial charge on any atom is -0.370 e. The molecule has 0 aliphatic carbocycles. The van der Waals surface area contributed by atoms with E-state index in [9.17, 15) is 14.9 Å². The van der Waals surface area contributed by atoms with Gasteiger partial charge in [0.05, 0.1) is 4.92 Å². The van der Waals surface area contributed by atoms with Crippen LogP contribution in [0.25, 0.3) is 0 Å². The molecule has 1 saturated heterocycles. The molecule has 0 spiro atoms. The third-order valence-electron chi connectivity index (χ3n) is 3.74. The predicted octanol–water partition coefficient (Wildman–Crippen LogP) is 2.00. The second kappa shape index (κ2) is 5.90. The number of rotatable bonds is 4. The van der Waals surface area contributed by atoms with Crippen LogP contribution in [0.3, 0.4) is 0 Å². The van der Waals surface area contributed by atoms with Crippen LogP contribution >= 0.6 is 0 Å². The number of nitro benzene ring substituents is 1. The van der Waals surface area contributed by atoms with E-state index in [1.54, 1.807) is 6.07 Å². The highest BCUT2D eigenvalue weighted by Gasteiger charge is 2.27. The summed E-state index contributed by atoms with van der Waals surface area (Å²) >= 11 is 0. The maximum absolute atomic E-state index is 11.2. The number of nitrogens with zero attached hydrogens (tertiary/aromatic N) is 2. The van der Waals surface area contributed by atoms with Gasteiger partial charge in [0, 0.05) is 25.6 Å². The van der Waals surface area contributed by atoms with Gasteiger partial charge in [0.25, 0.3) is 5.69 Å². The molecule has 6 nitrogen and oxygen atoms in total. The molecule has 0 saturated carbocycles. The number of amides is 1. The Bertz CT molecular complexity index is 530. The van der Waals surface area contributed by atoms with Crippen molar-refractivity contribution in [1.29, 1.82) is 0 Å². The number of hydrogen-bond acceptors (Lipinski definition) is 4. The van der Waals surface area contributed by atoms with Crippen LogP contribution in [0.1, 0.15) is 24.8 Å². The van der Waals surface area contributed by atoms with Crippen LogP contribution in [-0.4, -0.2) is 23.9 Å². The first-order valence-electron chi connectivity index (χ1n) is 6.76. The van der Waals surface area contributed by atoms with Gasteiger partial charge in [0.2, 0.25) is 5.91 Å². The number of primary amides is 1. The van der Waals surface area contributed by atoms with E-state index < -0.39 is 0 Å². The van der Waals surface area contributed by atoms with Gasteiger partial charge in [0.1, 0.15) is 5.69 Å². The zero-order valence-corrected chi connectivity index (χ0v) is 11.5. The minimum absolute atomic E-state index is 0.129. The van der Waals surface area contributed by atoms with Gasteiger partial charge in [0.15, 0.2) is 0 Å². The summed E-state index contributed by atoms with van der Waals surface area (Å²) in [5, 5.41) is 11.2. The topological polar surface area (TPSA) is 89.5 Å². The molecule has 1 aliphatic heterocycles. The van der Waals surface area contributed by atoms with Gasteiger partial charge >= 0.3 is 0 Å². The fraction of sp³-hybridized carbons (Fsp3) is 0.500. The minimum atomic E-state index is -0.347. The molecule has 0 aromatic heterocycles. The lowest BCUT2D eigenvalue weighted by Crippen LogP contribution is -2.37. The zero-order valence-electron chi connectivity index (χ0n) is 11.5. The number of carbonyl (C=O) groups is 1. The van der Waals surface area contributed by atoms with Gasteiger partial charge < -0.3 is 10.6 Å². The van der Waals surface area contributed by atoms with E-state index in [0.29, 0.717) is 18.7 Å². The SMILES string of the molecule is Cc1cccc([N+](=O)[O-])c1N1CCCC(CC(N)=O)C1. The Morgan fingerprint density at radius 2 is 2.30 bits per heavy atom. The van der Waals surface area contributed by atoms with Gasteiger partial charge in [-0.05, 0) is 31.2 Å². The van der Waals surface area contributed by atoms with Crippen molar-refractivity contribution in [1.82, 2.24) is 0 Å². The Hall–Kier alpha value is -2.11. The van der Waals surface area contributed by atoms with Gasteiger partial charge in [-0.25, -0.2) is 0 Å². The van der Waals surface area contributed by atoms with E-state index in [1.165, 1.54) is 6.07 Å². The maximum Gasteiger partial charge on any atom is 0.292 e. The van der Waals surface area contributed by atoms with Gasteiger partial charge in [-0.3, -0.25) is 14.9 Å². The summed E-state index contributed by atoms with van der Waals surface area (Å²) in [5.74, 6) is -0.128. The van der Waals surface area contributed by atoms with Crippen LogP contribution in [0.4, 0.5) is 11.4 Å². The second-order valence-electron chi connectivity index (χ2n) is 5.32. The predicted molar refractivity (Wildman–Crippen MR) is 76.6 cm³/mol. The van der Waals surface area contributed by atoms with Crippen LogP contribution in [0.15, 0.2) is 18.2 Å². The lowest BCUT2D eigenvalue weighted by molar-refractivity contribution is -0.384. The Morgan fingerprint density at radius 3 is 2.95 bits per heavy atom. The van der Waals surface area contributed by atoms with Crippen molar-refractivity contribution in [3.05, 3.63) is 33.9 Å². The van der Waals surface area contributed by atoms with Crippen molar-refractivity contribution in [3.8, 4) is 0 Å². The summed E-state index contributed by atoms with van der Waals surface area (Å²) < 4.78 is 0. The zero-order chi connectivity index (χ0) is 14.7. The van der Waals surface area contributed by atoms with E-state index in [0.717, 1.165) is 24.9 Å². The van der Waals surface area contributed by atoms with Crippen LogP contribution in [0, 0.1) is 23.0 Å². The van der Waals surface area contributed by atoms with Crippen molar-refractivity contribution < 1.29 is 9.72 Å². The molecule has 1 unspecified atom stereocenters. The van der Waals surface area contributed by atoms with Crippen LogP contribution in [-0.2, 0) is 4.79 Å². The number of benzene rings is 1. The monoisotopic (exact) mass is 277 g/mol. The molecule has 0 radical (unpaired) electrons. The average Bonchev–Trinajstić information content (AvgIpc) is 2.37. The number of hydrogen-bond donors (Lipinski definition) is 1. The molecule has 1 aromatic rings. The quantitative estimate of drug-likeness (QED) is 0.673. The Balaban J connectivity index is 2.27. The number of aryl methyl sites for hydroxylation is 1. The molecular formula is C14H19N3O3. The standard InChI is InChI=1S/C14H19N3O3/c1-10-4-2-6-12(17(19)20)14(10)16-7-3-5-11(9-16)8-13(15)18/h2,4,6,11H,3,5,7-9H2,1H3,(H2,15,18). The van der Waals surface area contributed by atoms with E-state index in [1.807, 2.05) is 17.9 Å². The molecule has 20 heavy (non-hydrogen) atoms. The molecular weight excluding hydrogens is 258 g/mol. The highest BCUT2D eigenvalue weighted by molar-refractivity contribution is 5.74. The van der Waals surface area contributed by atoms with Crippen molar-refractivity contribution >= 4 is 17.3 Å². The Kier molecular flexibility index (Phi) is 4.22. The molecule has 1 atom stereocenters. The summed E-state index contributed by atoms with van der Waals surface area (Å²) in [6.45, 7) is 3.30. The second-order valence-corrected chi connectivity index (χ2v) is 5.32. The number of anilines is 1. The third kappa shape index (κ3) is 3.07. The number of carbonyl (C=O) groups excluding carboxylic acids is 1. The van der Waals surface area contributed by atoms with Gasteiger partial charge in [-0.15, -0.1) is 0 Å². The first-order valence-corrected chi connectivity index (χ1v) is 6.76. The van der Waals surface area contributed by atoms with Crippen LogP contribution in [0.5, 0.6) is 0 Å². The van der Waals surface area contributed by atoms with Gasteiger partial charge in [-0.1, -0.05) is 12.1 Å². The molecule has 108 valence electrons. The number of piperidine rings is 1. The summed E-state index contributed by atoms with van der Waals surface area (Å²) in [4.78, 5) is 23.9. The molecule has 0 bridgehead atoms. The number of para-hydroxylation sites is 1. The van der Waals surface area contributed by atoms with Crippen molar-refractivity contribution in [2.45, 2.75) is 26.2 Å². The van der Waals surface area contributed by atoms with E-state index >= 15 is 0 Å². The summed E-state index contributed by atoms with van der Waals surface area (Å²) in [5.41, 5.74) is 6.94. The van der Waals surface area contributed by atoms with E-state index in [4.69, 9.17) is 5.73 Å². The normalized spacial score (nSPS) is 18.9. The lowest BCUT2D eigenvalue weighted by atomic mass is 9.93. The molecule has 1 heterocycles. The smallest absolute Gasteiger partial charge is 0.292 e. The number of nitrogens with two attached hydrogens (primary N) is 1. The van der Waals surface area contributed by atoms with E-state index in [-0.39, 0.29) is 22.4 Å². The molecule has 1 aromatic carbocycles. The summed E-state index contributed by atoms with van der Waals surface area (Å²) in [6.07, 6.45) is 2.21. The first-order chi connectivity index (χ1) is 9.49. The third-order valence-corrected chi connectivity index (χ3v) is 3.74. The molecule has 1 amide bonds. The largest absolute Gasteiger partial charge is 0.370 e. The maximum atomic E-state index is 11.2. The Labute approximate surface area is 117 Å². The number of nitro groups is 1. The highest BCUT2D eigenvalue weighted by atomic mass is 16.6. The van der Waals surface area contributed by atoms with E-state index in [2.05, 4.69) is 0 Å². The van der Waals surface area contributed by atoms with Gasteiger partial charge in [-0.2, -0.15) is 0 Å². The van der Waals surface area contributed by atoms with Crippen LogP contribution < -0.4 is 10.6 Å². The van der Waals surface area contributed by atoms with Crippen molar-refractivity contribution in [2.75, 3.05) is 18.0 Å². The summed E-state index contributed by atoms with van der Waals surface area (Å²) in [6, 6.07) is 5.10. The molecule has 1 aliphatic rings. The first kappa shape index (κ1) is 14.3.